The van der Waals surface area contributed by atoms with E-state index in [4.69, 9.17) is 4.74 Å². The molecule has 1 aromatic rings. The lowest BCUT2D eigenvalue weighted by molar-refractivity contribution is -0.134. The molecule has 1 heterocycles. The average molecular weight is 290 g/mol. The number of ether oxygens (including phenoxy) is 1. The minimum atomic E-state index is 0.101. The van der Waals surface area contributed by atoms with E-state index in [9.17, 15) is 4.79 Å². The van der Waals surface area contributed by atoms with Crippen LogP contribution in [0.3, 0.4) is 0 Å². The Kier molecular flexibility index (Phi) is 6.05. The van der Waals surface area contributed by atoms with Crippen molar-refractivity contribution in [2.45, 2.75) is 26.2 Å². The zero-order valence-corrected chi connectivity index (χ0v) is 13.1. The summed E-state index contributed by atoms with van der Waals surface area (Å²) < 4.78 is 5.71. The molecule has 1 N–H and O–H groups in total. The second-order valence-corrected chi connectivity index (χ2v) is 5.63. The third-order valence-electron chi connectivity index (χ3n) is 4.16. The van der Waals surface area contributed by atoms with E-state index in [-0.39, 0.29) is 12.5 Å². The minimum absolute atomic E-state index is 0.101. The van der Waals surface area contributed by atoms with Gasteiger partial charge in [-0.2, -0.15) is 0 Å². The molecule has 1 fully saturated rings. The summed E-state index contributed by atoms with van der Waals surface area (Å²) >= 11 is 0. The molecule has 1 aliphatic heterocycles. The van der Waals surface area contributed by atoms with Gasteiger partial charge in [0, 0.05) is 13.1 Å². The number of hydrogen-bond acceptors (Lipinski definition) is 3. The van der Waals surface area contributed by atoms with E-state index in [0.29, 0.717) is 5.92 Å². The SMILES string of the molecule is CCc1ccccc1OCC(=O)N1CCC(CNC)CC1. The highest BCUT2D eigenvalue weighted by Gasteiger charge is 2.22. The number of aryl methyl sites for hydroxylation is 1. The highest BCUT2D eigenvalue weighted by atomic mass is 16.5. The number of likely N-dealkylation sites (tertiary alicyclic amines) is 1. The van der Waals surface area contributed by atoms with Gasteiger partial charge in [0.15, 0.2) is 6.61 Å². The number of carbonyl (C=O) groups is 1. The molecule has 4 nitrogen and oxygen atoms in total. The molecule has 1 aromatic carbocycles. The van der Waals surface area contributed by atoms with Crippen LogP contribution >= 0.6 is 0 Å². The maximum atomic E-state index is 12.2. The van der Waals surface area contributed by atoms with Gasteiger partial charge in [0.25, 0.3) is 5.91 Å². The third-order valence-corrected chi connectivity index (χ3v) is 4.16. The lowest BCUT2D eigenvalue weighted by atomic mass is 9.97. The Morgan fingerprint density at radius 2 is 2.05 bits per heavy atom. The molecule has 0 aromatic heterocycles. The lowest BCUT2D eigenvalue weighted by Crippen LogP contribution is -2.42. The van der Waals surface area contributed by atoms with Crippen LogP contribution in [0.4, 0.5) is 0 Å². The first-order chi connectivity index (χ1) is 10.2. The number of amides is 1. The Morgan fingerprint density at radius 3 is 2.71 bits per heavy atom. The number of carbonyl (C=O) groups excluding carboxylic acids is 1. The van der Waals surface area contributed by atoms with E-state index in [1.165, 1.54) is 0 Å². The molecule has 2 rings (SSSR count). The fourth-order valence-electron chi connectivity index (χ4n) is 2.84. The largest absolute Gasteiger partial charge is 0.483 e. The van der Waals surface area contributed by atoms with E-state index >= 15 is 0 Å². The van der Waals surface area contributed by atoms with Gasteiger partial charge in [-0.1, -0.05) is 25.1 Å². The zero-order chi connectivity index (χ0) is 15.1. The van der Waals surface area contributed by atoms with Crippen LogP contribution in [0.25, 0.3) is 0 Å². The Bertz CT molecular complexity index is 454. The first-order valence-corrected chi connectivity index (χ1v) is 7.87. The second kappa shape index (κ2) is 8.03. The summed E-state index contributed by atoms with van der Waals surface area (Å²) in [5.74, 6) is 1.63. The Morgan fingerprint density at radius 1 is 1.33 bits per heavy atom. The van der Waals surface area contributed by atoms with Crippen LogP contribution in [-0.2, 0) is 11.2 Å². The second-order valence-electron chi connectivity index (χ2n) is 5.63. The summed E-state index contributed by atoms with van der Waals surface area (Å²) in [4.78, 5) is 14.2. The van der Waals surface area contributed by atoms with E-state index in [0.717, 1.165) is 50.2 Å². The number of rotatable bonds is 6. The van der Waals surface area contributed by atoms with Gasteiger partial charge in [-0.3, -0.25) is 4.79 Å². The van der Waals surface area contributed by atoms with Gasteiger partial charge in [-0.05, 0) is 50.4 Å². The van der Waals surface area contributed by atoms with Crippen molar-refractivity contribution in [2.75, 3.05) is 33.3 Å². The quantitative estimate of drug-likeness (QED) is 0.872. The predicted molar refractivity (Wildman–Crippen MR) is 84.5 cm³/mol. The van der Waals surface area contributed by atoms with E-state index in [2.05, 4.69) is 12.2 Å². The predicted octanol–water partition coefficient (Wildman–Crippen LogP) is 2.09. The van der Waals surface area contributed by atoms with Crippen LogP contribution in [0.1, 0.15) is 25.3 Å². The van der Waals surface area contributed by atoms with Gasteiger partial charge in [-0.15, -0.1) is 0 Å². The van der Waals surface area contributed by atoms with Crippen molar-refractivity contribution < 1.29 is 9.53 Å². The topological polar surface area (TPSA) is 41.6 Å². The molecule has 0 spiro atoms. The number of para-hydroxylation sites is 1. The van der Waals surface area contributed by atoms with Crippen molar-refractivity contribution in [1.82, 2.24) is 10.2 Å². The highest BCUT2D eigenvalue weighted by molar-refractivity contribution is 5.77. The molecule has 1 amide bonds. The average Bonchev–Trinajstić information content (AvgIpc) is 2.54. The molecule has 0 atom stereocenters. The van der Waals surface area contributed by atoms with Gasteiger partial charge < -0.3 is 15.0 Å². The molecule has 21 heavy (non-hydrogen) atoms. The van der Waals surface area contributed by atoms with Gasteiger partial charge in [-0.25, -0.2) is 0 Å². The highest BCUT2D eigenvalue weighted by Crippen LogP contribution is 2.19. The minimum Gasteiger partial charge on any atom is -0.483 e. The molecule has 1 aliphatic rings. The third kappa shape index (κ3) is 4.46. The van der Waals surface area contributed by atoms with E-state index < -0.39 is 0 Å². The summed E-state index contributed by atoms with van der Waals surface area (Å²) in [5, 5.41) is 3.21. The molecule has 0 aliphatic carbocycles. The lowest BCUT2D eigenvalue weighted by Gasteiger charge is -2.31. The fourth-order valence-corrected chi connectivity index (χ4v) is 2.84. The summed E-state index contributed by atoms with van der Waals surface area (Å²) in [6.45, 7) is 4.99. The first kappa shape index (κ1) is 15.8. The normalized spacial score (nSPS) is 16.0. The molecule has 116 valence electrons. The van der Waals surface area contributed by atoms with E-state index in [1.807, 2.05) is 36.2 Å². The van der Waals surface area contributed by atoms with Crippen LogP contribution < -0.4 is 10.1 Å². The molecule has 0 saturated carbocycles. The maximum Gasteiger partial charge on any atom is 0.260 e. The molecule has 0 bridgehead atoms. The van der Waals surface area contributed by atoms with Gasteiger partial charge in [0.05, 0.1) is 0 Å². The summed E-state index contributed by atoms with van der Waals surface area (Å²) in [7, 11) is 1.98. The van der Waals surface area contributed by atoms with Crippen molar-refractivity contribution in [2.24, 2.45) is 5.92 Å². The van der Waals surface area contributed by atoms with Gasteiger partial charge in [0.2, 0.25) is 0 Å². The molecular weight excluding hydrogens is 264 g/mol. The molecule has 1 saturated heterocycles. The van der Waals surface area contributed by atoms with Crippen molar-refractivity contribution in [3.8, 4) is 5.75 Å². The van der Waals surface area contributed by atoms with Crippen LogP contribution in [0, 0.1) is 5.92 Å². The standard InChI is InChI=1S/C17H26N2O2/c1-3-15-6-4-5-7-16(15)21-13-17(20)19-10-8-14(9-11-19)12-18-2/h4-7,14,18H,3,8-13H2,1-2H3. The van der Waals surface area contributed by atoms with Crippen LogP contribution in [0.2, 0.25) is 0 Å². The summed E-state index contributed by atoms with van der Waals surface area (Å²) in [5.41, 5.74) is 1.15. The zero-order valence-electron chi connectivity index (χ0n) is 13.1. The molecular formula is C17H26N2O2. The smallest absolute Gasteiger partial charge is 0.260 e. The summed E-state index contributed by atoms with van der Waals surface area (Å²) in [6, 6.07) is 7.93. The van der Waals surface area contributed by atoms with Crippen LogP contribution in [0.5, 0.6) is 5.75 Å². The van der Waals surface area contributed by atoms with Crippen LogP contribution in [-0.4, -0.2) is 44.1 Å². The first-order valence-electron chi connectivity index (χ1n) is 7.87. The molecule has 0 radical (unpaired) electrons. The fraction of sp³-hybridized carbons (Fsp3) is 0.588. The van der Waals surface area contributed by atoms with Gasteiger partial charge in [0.1, 0.15) is 5.75 Å². The van der Waals surface area contributed by atoms with Crippen LogP contribution in [0.15, 0.2) is 24.3 Å². The van der Waals surface area contributed by atoms with Gasteiger partial charge >= 0.3 is 0 Å². The van der Waals surface area contributed by atoms with Crippen molar-refractivity contribution >= 4 is 5.91 Å². The number of piperidine rings is 1. The Balaban J connectivity index is 1.80. The number of nitrogens with one attached hydrogen (secondary N) is 1. The number of benzene rings is 1. The Hall–Kier alpha value is -1.55. The number of nitrogens with zero attached hydrogens (tertiary/aromatic N) is 1. The van der Waals surface area contributed by atoms with E-state index in [1.54, 1.807) is 0 Å². The molecule has 4 heteroatoms. The summed E-state index contributed by atoms with van der Waals surface area (Å²) in [6.07, 6.45) is 3.08. The maximum absolute atomic E-state index is 12.2. The number of hydrogen-bond donors (Lipinski definition) is 1. The Labute approximate surface area is 127 Å². The van der Waals surface area contributed by atoms with Crippen molar-refractivity contribution in [1.29, 1.82) is 0 Å². The molecule has 0 unspecified atom stereocenters. The monoisotopic (exact) mass is 290 g/mol. The van der Waals surface area contributed by atoms with Crippen molar-refractivity contribution in [3.63, 3.8) is 0 Å². The van der Waals surface area contributed by atoms with Crippen molar-refractivity contribution in [3.05, 3.63) is 29.8 Å².